The normalized spacial score (nSPS) is 18.8. The first kappa shape index (κ1) is 21.9. The molecule has 1 aromatic rings. The van der Waals surface area contributed by atoms with E-state index in [4.69, 9.17) is 4.74 Å². The highest BCUT2D eigenvalue weighted by atomic mass is 32.1. The van der Waals surface area contributed by atoms with Gasteiger partial charge in [0.1, 0.15) is 0 Å². The van der Waals surface area contributed by atoms with Crippen LogP contribution in [0.2, 0.25) is 0 Å². The third-order valence-corrected chi connectivity index (χ3v) is 5.36. The summed E-state index contributed by atoms with van der Waals surface area (Å²) in [4.78, 5) is 47.0. The van der Waals surface area contributed by atoms with Gasteiger partial charge in [-0.15, -0.1) is 0 Å². The number of urea groups is 1. The zero-order valence-electron chi connectivity index (χ0n) is 16.0. The summed E-state index contributed by atoms with van der Waals surface area (Å²) >= 11 is 1.43. The van der Waals surface area contributed by atoms with Crippen molar-refractivity contribution in [2.45, 2.75) is 51.5 Å². The number of amides is 4. The Kier molecular flexibility index (Phi) is 8.93. The molecule has 2 unspecified atom stereocenters. The van der Waals surface area contributed by atoms with Gasteiger partial charge in [0.05, 0.1) is 0 Å². The Morgan fingerprint density at radius 1 is 1.21 bits per heavy atom. The Morgan fingerprint density at radius 3 is 2.71 bits per heavy atom. The summed E-state index contributed by atoms with van der Waals surface area (Å²) in [5, 5.41) is 11.2. The van der Waals surface area contributed by atoms with Crippen LogP contribution in [0.25, 0.3) is 0 Å². The van der Waals surface area contributed by atoms with Crippen LogP contribution >= 0.6 is 11.3 Å². The average Bonchev–Trinajstić information content (AvgIpc) is 3.20. The second-order valence-electron chi connectivity index (χ2n) is 6.92. The van der Waals surface area contributed by atoms with Gasteiger partial charge in [0, 0.05) is 30.0 Å². The van der Waals surface area contributed by atoms with E-state index in [9.17, 15) is 19.2 Å². The van der Waals surface area contributed by atoms with E-state index in [0.717, 1.165) is 25.7 Å². The summed E-state index contributed by atoms with van der Waals surface area (Å²) < 4.78 is 4.85. The summed E-state index contributed by atoms with van der Waals surface area (Å²) in [6.07, 6.45) is 4.66. The van der Waals surface area contributed by atoms with Crippen molar-refractivity contribution in [1.82, 2.24) is 16.0 Å². The smallest absolute Gasteiger partial charge is 0.321 e. The lowest BCUT2D eigenvalue weighted by atomic mass is 9.86. The van der Waals surface area contributed by atoms with Crippen LogP contribution in [0.5, 0.6) is 0 Å². The molecule has 9 heteroatoms. The molecule has 8 nitrogen and oxygen atoms in total. The fraction of sp³-hybridized carbons (Fsp3) is 0.579. The molecule has 1 heterocycles. The molecule has 154 valence electrons. The number of carbonyl (C=O) groups excluding carboxylic acids is 4. The van der Waals surface area contributed by atoms with E-state index in [1.54, 1.807) is 11.4 Å². The SMILES string of the molecule is CC1CCCCC1NC(=O)NC(=O)COC(=O)CCCNC(=O)c1ccsc1. The fourth-order valence-corrected chi connectivity index (χ4v) is 3.68. The largest absolute Gasteiger partial charge is 0.456 e. The van der Waals surface area contributed by atoms with E-state index in [2.05, 4.69) is 22.9 Å². The van der Waals surface area contributed by atoms with Crippen LogP contribution in [0.15, 0.2) is 16.8 Å². The summed E-state index contributed by atoms with van der Waals surface area (Å²) in [5.74, 6) is -1.03. The van der Waals surface area contributed by atoms with Crippen LogP contribution in [-0.4, -0.2) is 43.0 Å². The number of esters is 1. The van der Waals surface area contributed by atoms with E-state index in [1.807, 2.05) is 5.38 Å². The number of hydrogen-bond acceptors (Lipinski definition) is 6. The highest BCUT2D eigenvalue weighted by Crippen LogP contribution is 2.23. The maximum atomic E-state index is 11.9. The lowest BCUT2D eigenvalue weighted by molar-refractivity contribution is -0.148. The molecule has 28 heavy (non-hydrogen) atoms. The fourth-order valence-electron chi connectivity index (χ4n) is 3.05. The minimum Gasteiger partial charge on any atom is -0.456 e. The second kappa shape index (κ2) is 11.4. The molecule has 0 saturated heterocycles. The first-order valence-corrected chi connectivity index (χ1v) is 10.5. The van der Waals surface area contributed by atoms with Gasteiger partial charge in [-0.25, -0.2) is 4.79 Å². The summed E-state index contributed by atoms with van der Waals surface area (Å²) in [6, 6.07) is 1.22. The molecule has 1 aliphatic carbocycles. The van der Waals surface area contributed by atoms with Crippen LogP contribution in [0.4, 0.5) is 4.79 Å². The molecule has 0 spiro atoms. The predicted molar refractivity (Wildman–Crippen MR) is 105 cm³/mol. The average molecular weight is 410 g/mol. The molecule has 0 bridgehead atoms. The van der Waals surface area contributed by atoms with Crippen molar-refractivity contribution in [3.05, 3.63) is 22.4 Å². The Morgan fingerprint density at radius 2 is 2.00 bits per heavy atom. The molecule has 1 aliphatic rings. The number of thiophene rings is 1. The van der Waals surface area contributed by atoms with Gasteiger partial charge in [-0.3, -0.25) is 19.7 Å². The molecule has 0 aliphatic heterocycles. The van der Waals surface area contributed by atoms with Gasteiger partial charge in [0.15, 0.2) is 6.61 Å². The second-order valence-corrected chi connectivity index (χ2v) is 7.70. The van der Waals surface area contributed by atoms with Crippen molar-refractivity contribution < 1.29 is 23.9 Å². The standard InChI is InChI=1S/C19H27N3O5S/c1-13-5-2-3-6-15(13)21-19(26)22-16(23)11-27-17(24)7-4-9-20-18(25)14-8-10-28-12-14/h8,10,12-13,15H,2-7,9,11H2,1H3,(H,20,25)(H2,21,22,23,26). The van der Waals surface area contributed by atoms with Crippen LogP contribution < -0.4 is 16.0 Å². The molecule has 3 N–H and O–H groups in total. The van der Waals surface area contributed by atoms with Gasteiger partial charge in [0.25, 0.3) is 11.8 Å². The van der Waals surface area contributed by atoms with Gasteiger partial charge in [-0.2, -0.15) is 11.3 Å². The maximum Gasteiger partial charge on any atom is 0.321 e. The summed E-state index contributed by atoms with van der Waals surface area (Å²) in [6.45, 7) is 1.90. The molecule has 2 rings (SSSR count). The van der Waals surface area contributed by atoms with E-state index in [0.29, 0.717) is 24.4 Å². The van der Waals surface area contributed by atoms with Crippen LogP contribution in [-0.2, 0) is 14.3 Å². The Balaban J connectivity index is 1.54. The van der Waals surface area contributed by atoms with E-state index >= 15 is 0 Å². The van der Waals surface area contributed by atoms with Crippen molar-refractivity contribution in [3.8, 4) is 0 Å². The molecule has 0 aromatic carbocycles. The molecular weight excluding hydrogens is 382 g/mol. The van der Waals surface area contributed by atoms with Crippen molar-refractivity contribution in [1.29, 1.82) is 0 Å². The minimum absolute atomic E-state index is 0.0633. The Bertz CT molecular complexity index is 677. The maximum absolute atomic E-state index is 11.9. The highest BCUT2D eigenvalue weighted by molar-refractivity contribution is 7.08. The summed E-state index contributed by atoms with van der Waals surface area (Å²) in [5.41, 5.74) is 0.588. The van der Waals surface area contributed by atoms with E-state index in [1.165, 1.54) is 11.3 Å². The summed E-state index contributed by atoms with van der Waals surface area (Å²) in [7, 11) is 0. The predicted octanol–water partition coefficient (Wildman–Crippen LogP) is 2.21. The molecule has 4 amide bonds. The number of rotatable bonds is 8. The first-order valence-electron chi connectivity index (χ1n) is 9.52. The number of imide groups is 1. The molecule has 0 radical (unpaired) electrons. The topological polar surface area (TPSA) is 114 Å². The van der Waals surface area contributed by atoms with Crippen molar-refractivity contribution in [2.75, 3.05) is 13.2 Å². The third kappa shape index (κ3) is 7.67. The molecule has 1 fully saturated rings. The zero-order chi connectivity index (χ0) is 20.4. The highest BCUT2D eigenvalue weighted by Gasteiger charge is 2.23. The Labute approximate surface area is 168 Å². The van der Waals surface area contributed by atoms with E-state index in [-0.39, 0.29) is 18.4 Å². The van der Waals surface area contributed by atoms with Crippen LogP contribution in [0.1, 0.15) is 55.8 Å². The minimum atomic E-state index is -0.667. The van der Waals surface area contributed by atoms with Gasteiger partial charge in [0.2, 0.25) is 0 Å². The molecular formula is C19H27N3O5S. The monoisotopic (exact) mass is 409 g/mol. The molecule has 1 aromatic heterocycles. The number of ether oxygens (including phenoxy) is 1. The van der Waals surface area contributed by atoms with Gasteiger partial charge in [-0.05, 0) is 36.6 Å². The number of carbonyl (C=O) groups is 4. The van der Waals surface area contributed by atoms with Gasteiger partial charge in [-0.1, -0.05) is 19.8 Å². The van der Waals surface area contributed by atoms with Crippen LogP contribution in [0.3, 0.4) is 0 Å². The van der Waals surface area contributed by atoms with Crippen molar-refractivity contribution in [3.63, 3.8) is 0 Å². The van der Waals surface area contributed by atoms with E-state index < -0.39 is 24.5 Å². The number of nitrogens with one attached hydrogen (secondary N) is 3. The molecule has 1 saturated carbocycles. The van der Waals surface area contributed by atoms with Gasteiger partial charge >= 0.3 is 12.0 Å². The first-order chi connectivity index (χ1) is 13.5. The zero-order valence-corrected chi connectivity index (χ0v) is 16.8. The lowest BCUT2D eigenvalue weighted by Crippen LogP contribution is -2.48. The van der Waals surface area contributed by atoms with Crippen LogP contribution in [0, 0.1) is 5.92 Å². The van der Waals surface area contributed by atoms with Crippen molar-refractivity contribution >= 4 is 35.2 Å². The quantitative estimate of drug-likeness (QED) is 0.450. The molecule has 2 atom stereocenters. The number of hydrogen-bond donors (Lipinski definition) is 3. The van der Waals surface area contributed by atoms with Gasteiger partial charge < -0.3 is 15.4 Å². The van der Waals surface area contributed by atoms with Crippen molar-refractivity contribution in [2.24, 2.45) is 5.92 Å². The Hall–Kier alpha value is -2.42. The lowest BCUT2D eigenvalue weighted by Gasteiger charge is -2.29. The third-order valence-electron chi connectivity index (χ3n) is 4.67.